The average molecular weight is 250 g/mol. The minimum atomic E-state index is -0.387. The molecular weight excluding hydrogens is 238 g/mol. The first-order valence-electron chi connectivity index (χ1n) is 5.16. The minimum Gasteiger partial charge on any atom is -0.465 e. The number of benzene rings is 1. The highest BCUT2D eigenvalue weighted by Gasteiger charge is 2.15. The van der Waals surface area contributed by atoms with E-state index in [-0.39, 0.29) is 5.97 Å². The van der Waals surface area contributed by atoms with E-state index >= 15 is 0 Å². The fraction of sp³-hybridized carbons (Fsp3) is 0.154. The Hall–Kier alpha value is -1.74. The average Bonchev–Trinajstić information content (AvgIpc) is 2.71. The predicted molar refractivity (Wildman–Crippen MR) is 68.5 cm³/mol. The quantitative estimate of drug-likeness (QED) is 0.670. The van der Waals surface area contributed by atoms with Gasteiger partial charge in [0.2, 0.25) is 0 Å². The second-order valence-electron chi connectivity index (χ2n) is 3.67. The first-order chi connectivity index (χ1) is 8.17. The Morgan fingerprint density at radius 1 is 1.59 bits per heavy atom. The molecule has 0 bridgehead atoms. The molecule has 0 unspecified atom stereocenters. The zero-order chi connectivity index (χ0) is 12.4. The number of rotatable bonds is 3. The maximum atomic E-state index is 11.7. The van der Waals surface area contributed by atoms with E-state index in [4.69, 9.17) is 16.3 Å². The summed E-state index contributed by atoms with van der Waals surface area (Å²) in [4.78, 5) is 14.8. The maximum Gasteiger partial charge on any atom is 0.338 e. The summed E-state index contributed by atoms with van der Waals surface area (Å²) in [5.41, 5.74) is 2.31. The SMILES string of the molecule is C=CCc1c[nH]c2cc(Cl)cc(C(=O)OC)c12. The van der Waals surface area contributed by atoms with Crippen LogP contribution >= 0.6 is 11.6 Å². The number of H-pyrrole nitrogens is 1. The van der Waals surface area contributed by atoms with Crippen molar-refractivity contribution in [2.45, 2.75) is 6.42 Å². The largest absolute Gasteiger partial charge is 0.465 e. The highest BCUT2D eigenvalue weighted by atomic mass is 35.5. The van der Waals surface area contributed by atoms with Gasteiger partial charge in [0, 0.05) is 22.1 Å². The topological polar surface area (TPSA) is 42.1 Å². The Morgan fingerprint density at radius 3 is 3.00 bits per heavy atom. The van der Waals surface area contributed by atoms with Gasteiger partial charge in [-0.1, -0.05) is 17.7 Å². The smallest absolute Gasteiger partial charge is 0.338 e. The van der Waals surface area contributed by atoms with Crippen molar-refractivity contribution in [3.05, 3.63) is 47.1 Å². The Balaban J connectivity index is 2.73. The van der Waals surface area contributed by atoms with Crippen molar-refractivity contribution < 1.29 is 9.53 Å². The van der Waals surface area contributed by atoms with Gasteiger partial charge in [-0.05, 0) is 24.1 Å². The second kappa shape index (κ2) is 4.63. The monoisotopic (exact) mass is 249 g/mol. The van der Waals surface area contributed by atoms with Gasteiger partial charge < -0.3 is 9.72 Å². The third-order valence-corrected chi connectivity index (χ3v) is 2.81. The van der Waals surface area contributed by atoms with Crippen LogP contribution < -0.4 is 0 Å². The second-order valence-corrected chi connectivity index (χ2v) is 4.11. The molecule has 2 aromatic rings. The van der Waals surface area contributed by atoms with Gasteiger partial charge in [-0.2, -0.15) is 0 Å². The fourth-order valence-corrected chi connectivity index (χ4v) is 2.11. The number of methoxy groups -OCH3 is 1. The third-order valence-electron chi connectivity index (χ3n) is 2.60. The van der Waals surface area contributed by atoms with E-state index in [0.29, 0.717) is 17.0 Å². The van der Waals surface area contributed by atoms with Crippen LogP contribution in [0, 0.1) is 0 Å². The van der Waals surface area contributed by atoms with Crippen LogP contribution in [0.4, 0.5) is 0 Å². The number of carbonyl (C=O) groups is 1. The number of nitrogens with one attached hydrogen (secondary N) is 1. The van der Waals surface area contributed by atoms with Gasteiger partial charge in [0.05, 0.1) is 12.7 Å². The zero-order valence-electron chi connectivity index (χ0n) is 9.42. The Bertz CT molecular complexity index is 586. The lowest BCUT2D eigenvalue weighted by atomic mass is 10.0. The van der Waals surface area contributed by atoms with Crippen LogP contribution in [0.3, 0.4) is 0 Å². The highest BCUT2D eigenvalue weighted by Crippen LogP contribution is 2.27. The molecule has 88 valence electrons. The first kappa shape index (κ1) is 11.7. The van der Waals surface area contributed by atoms with Gasteiger partial charge in [-0.3, -0.25) is 0 Å². The lowest BCUT2D eigenvalue weighted by Crippen LogP contribution is -2.02. The number of carbonyl (C=O) groups excluding carboxylic acids is 1. The maximum absolute atomic E-state index is 11.7. The molecule has 4 heteroatoms. The lowest BCUT2D eigenvalue weighted by molar-refractivity contribution is 0.0603. The van der Waals surface area contributed by atoms with Crippen LogP contribution in [0.15, 0.2) is 31.0 Å². The number of halogens is 1. The van der Waals surface area contributed by atoms with Crippen molar-refractivity contribution >= 4 is 28.5 Å². The Labute approximate surface area is 104 Å². The van der Waals surface area contributed by atoms with Gasteiger partial charge in [-0.15, -0.1) is 6.58 Å². The van der Waals surface area contributed by atoms with E-state index in [1.54, 1.807) is 18.2 Å². The molecule has 0 amide bonds. The van der Waals surface area contributed by atoms with Crippen molar-refractivity contribution in [3.8, 4) is 0 Å². The molecular formula is C13H12ClNO2. The summed E-state index contributed by atoms with van der Waals surface area (Å²) in [7, 11) is 1.36. The molecule has 0 saturated carbocycles. The van der Waals surface area contributed by atoms with E-state index in [1.807, 2.05) is 6.20 Å². The zero-order valence-corrected chi connectivity index (χ0v) is 10.2. The van der Waals surface area contributed by atoms with Crippen molar-refractivity contribution in [3.63, 3.8) is 0 Å². The number of hydrogen-bond acceptors (Lipinski definition) is 2. The van der Waals surface area contributed by atoms with Crippen molar-refractivity contribution in [2.75, 3.05) is 7.11 Å². The summed E-state index contributed by atoms with van der Waals surface area (Å²) >= 11 is 5.96. The van der Waals surface area contributed by atoms with Crippen LogP contribution in [0.2, 0.25) is 5.02 Å². The summed E-state index contributed by atoms with van der Waals surface area (Å²) < 4.78 is 4.76. The standard InChI is InChI=1S/C13H12ClNO2/c1-3-4-8-7-15-11-6-9(14)5-10(12(8)11)13(16)17-2/h3,5-7,15H,1,4H2,2H3. The Kier molecular flexibility index (Phi) is 3.20. The van der Waals surface area contributed by atoms with Gasteiger partial charge in [0.15, 0.2) is 0 Å². The molecule has 0 radical (unpaired) electrons. The molecule has 3 nitrogen and oxygen atoms in total. The van der Waals surface area contributed by atoms with E-state index in [9.17, 15) is 4.79 Å². The summed E-state index contributed by atoms with van der Waals surface area (Å²) in [6.45, 7) is 3.70. The number of ether oxygens (including phenoxy) is 1. The fourth-order valence-electron chi connectivity index (χ4n) is 1.89. The number of aromatic amines is 1. The van der Waals surface area contributed by atoms with Gasteiger partial charge in [0.1, 0.15) is 0 Å². The molecule has 2 rings (SSSR count). The molecule has 1 heterocycles. The number of allylic oxidation sites excluding steroid dienone is 1. The van der Waals surface area contributed by atoms with Crippen molar-refractivity contribution in [2.24, 2.45) is 0 Å². The van der Waals surface area contributed by atoms with Crippen LogP contribution in [-0.4, -0.2) is 18.1 Å². The van der Waals surface area contributed by atoms with Gasteiger partial charge in [0.25, 0.3) is 0 Å². The number of hydrogen-bond donors (Lipinski definition) is 1. The predicted octanol–water partition coefficient (Wildman–Crippen LogP) is 3.34. The molecule has 0 saturated heterocycles. The molecule has 0 aliphatic rings. The summed E-state index contributed by atoms with van der Waals surface area (Å²) in [5.74, 6) is -0.387. The molecule has 0 atom stereocenters. The van der Waals surface area contributed by atoms with E-state index in [2.05, 4.69) is 11.6 Å². The van der Waals surface area contributed by atoms with Crippen LogP contribution in [-0.2, 0) is 11.2 Å². The number of esters is 1. The van der Waals surface area contributed by atoms with E-state index in [1.165, 1.54) is 7.11 Å². The van der Waals surface area contributed by atoms with Crippen molar-refractivity contribution in [1.29, 1.82) is 0 Å². The molecule has 0 fully saturated rings. The number of aromatic nitrogens is 1. The molecule has 0 aliphatic carbocycles. The van der Waals surface area contributed by atoms with Crippen molar-refractivity contribution in [1.82, 2.24) is 4.98 Å². The van der Waals surface area contributed by atoms with Crippen LogP contribution in [0.1, 0.15) is 15.9 Å². The van der Waals surface area contributed by atoms with Crippen LogP contribution in [0.5, 0.6) is 0 Å². The molecule has 0 spiro atoms. The van der Waals surface area contributed by atoms with E-state index < -0.39 is 0 Å². The number of fused-ring (bicyclic) bond motifs is 1. The summed E-state index contributed by atoms with van der Waals surface area (Å²) in [6, 6.07) is 3.41. The highest BCUT2D eigenvalue weighted by molar-refractivity contribution is 6.32. The lowest BCUT2D eigenvalue weighted by Gasteiger charge is -2.04. The van der Waals surface area contributed by atoms with Gasteiger partial charge >= 0.3 is 5.97 Å². The van der Waals surface area contributed by atoms with Crippen LogP contribution in [0.25, 0.3) is 10.9 Å². The third kappa shape index (κ3) is 2.06. The normalized spacial score (nSPS) is 10.5. The first-order valence-corrected chi connectivity index (χ1v) is 5.54. The van der Waals surface area contributed by atoms with E-state index in [0.717, 1.165) is 16.5 Å². The summed E-state index contributed by atoms with van der Waals surface area (Å²) in [6.07, 6.45) is 4.33. The molecule has 1 aromatic carbocycles. The molecule has 1 N–H and O–H groups in total. The molecule has 0 aliphatic heterocycles. The van der Waals surface area contributed by atoms with Gasteiger partial charge in [-0.25, -0.2) is 4.79 Å². The molecule has 1 aromatic heterocycles. The molecule has 17 heavy (non-hydrogen) atoms. The summed E-state index contributed by atoms with van der Waals surface area (Å²) in [5, 5.41) is 1.35. The minimum absolute atomic E-state index is 0.387. The Morgan fingerprint density at radius 2 is 2.35 bits per heavy atom.